The first-order valence-corrected chi connectivity index (χ1v) is 6.83. The molecule has 1 heterocycles. The van der Waals surface area contributed by atoms with Crippen LogP contribution in [0.3, 0.4) is 0 Å². The first-order chi connectivity index (χ1) is 8.53. The lowest BCUT2D eigenvalue weighted by Gasteiger charge is -2.26. The third-order valence-corrected chi connectivity index (χ3v) is 4.12. The average Bonchev–Trinajstić information content (AvgIpc) is 2.65. The van der Waals surface area contributed by atoms with Crippen LogP contribution in [0.2, 0.25) is 0 Å². The highest BCUT2D eigenvalue weighted by molar-refractivity contribution is 9.10. The number of phenolic OH excluding ortho intramolecular Hbond substituents is 1. The van der Waals surface area contributed by atoms with Crippen LogP contribution in [0, 0.1) is 0 Å². The number of ether oxygens (including phenoxy) is 1. The van der Waals surface area contributed by atoms with Crippen LogP contribution in [0.25, 0.3) is 0 Å². The van der Waals surface area contributed by atoms with E-state index in [4.69, 9.17) is 4.74 Å². The molecule has 0 amide bonds. The highest BCUT2D eigenvalue weighted by atomic mass is 79.9. The van der Waals surface area contributed by atoms with E-state index in [-0.39, 0.29) is 11.9 Å². The Kier molecular flexibility index (Phi) is 4.27. The van der Waals surface area contributed by atoms with Crippen molar-refractivity contribution >= 4 is 15.9 Å². The molecule has 0 radical (unpaired) electrons. The van der Waals surface area contributed by atoms with Gasteiger partial charge in [-0.15, -0.1) is 0 Å². The zero-order valence-electron chi connectivity index (χ0n) is 10.3. The molecule has 3 N–H and O–H groups in total. The molecule has 2 atom stereocenters. The minimum Gasteiger partial charge on any atom is -0.506 e. The van der Waals surface area contributed by atoms with Crippen LogP contribution in [0.4, 0.5) is 0 Å². The zero-order valence-corrected chi connectivity index (χ0v) is 11.9. The maximum atomic E-state index is 10.3. The first kappa shape index (κ1) is 13.8. The van der Waals surface area contributed by atoms with Gasteiger partial charge in [-0.25, -0.2) is 0 Å². The van der Waals surface area contributed by atoms with Crippen molar-refractivity contribution in [2.24, 2.45) is 0 Å². The topological polar surface area (TPSA) is 61.7 Å². The molecule has 2 rings (SSSR count). The van der Waals surface area contributed by atoms with Gasteiger partial charge in [-0.3, -0.25) is 0 Å². The molecule has 1 aromatic carbocycles. The van der Waals surface area contributed by atoms with Gasteiger partial charge in [0.15, 0.2) is 0 Å². The lowest BCUT2D eigenvalue weighted by molar-refractivity contribution is -0.0263. The van der Waals surface area contributed by atoms with E-state index in [1.54, 1.807) is 6.07 Å². The molecule has 18 heavy (non-hydrogen) atoms. The standard InChI is InChI=1S/C13H18BrNO3/c1-9-13(17,5-6-18-9)8-15-7-10-3-2-4-11(14)12(10)16/h2-4,9,15-17H,5-8H2,1H3. The van der Waals surface area contributed by atoms with Crippen LogP contribution in [-0.4, -0.2) is 35.1 Å². The zero-order chi connectivity index (χ0) is 13.2. The maximum Gasteiger partial charge on any atom is 0.134 e. The van der Waals surface area contributed by atoms with Crippen LogP contribution < -0.4 is 5.32 Å². The Morgan fingerprint density at radius 2 is 2.33 bits per heavy atom. The van der Waals surface area contributed by atoms with Gasteiger partial charge in [-0.1, -0.05) is 12.1 Å². The van der Waals surface area contributed by atoms with Crippen LogP contribution >= 0.6 is 15.9 Å². The number of hydrogen-bond donors (Lipinski definition) is 3. The molecular weight excluding hydrogens is 298 g/mol. The summed E-state index contributed by atoms with van der Waals surface area (Å²) in [6, 6.07) is 5.52. The van der Waals surface area contributed by atoms with Gasteiger partial charge in [-0.2, -0.15) is 0 Å². The molecule has 4 nitrogen and oxygen atoms in total. The van der Waals surface area contributed by atoms with E-state index in [1.807, 2.05) is 19.1 Å². The van der Waals surface area contributed by atoms with Gasteiger partial charge < -0.3 is 20.3 Å². The van der Waals surface area contributed by atoms with Crippen molar-refractivity contribution in [1.29, 1.82) is 0 Å². The number of aromatic hydroxyl groups is 1. The van der Waals surface area contributed by atoms with Crippen molar-refractivity contribution in [2.45, 2.75) is 31.6 Å². The molecule has 1 fully saturated rings. The van der Waals surface area contributed by atoms with Crippen LogP contribution in [0.15, 0.2) is 22.7 Å². The predicted octanol–water partition coefficient (Wildman–Crippen LogP) is 1.78. The average molecular weight is 316 g/mol. The number of benzene rings is 1. The lowest BCUT2D eigenvalue weighted by atomic mass is 9.96. The fraction of sp³-hybridized carbons (Fsp3) is 0.538. The van der Waals surface area contributed by atoms with Crippen molar-refractivity contribution in [2.75, 3.05) is 13.2 Å². The van der Waals surface area contributed by atoms with Gasteiger partial charge in [0, 0.05) is 31.7 Å². The molecule has 0 aliphatic carbocycles. The Balaban J connectivity index is 1.91. The lowest BCUT2D eigenvalue weighted by Crippen LogP contribution is -2.45. The second-order valence-corrected chi connectivity index (χ2v) is 5.57. The third-order valence-electron chi connectivity index (χ3n) is 3.48. The molecule has 0 bridgehead atoms. The normalized spacial score (nSPS) is 27.6. The quantitative estimate of drug-likeness (QED) is 0.792. The van der Waals surface area contributed by atoms with E-state index >= 15 is 0 Å². The predicted molar refractivity (Wildman–Crippen MR) is 72.5 cm³/mol. The highest BCUT2D eigenvalue weighted by Crippen LogP contribution is 2.28. The second-order valence-electron chi connectivity index (χ2n) is 4.72. The Bertz CT molecular complexity index is 427. The summed E-state index contributed by atoms with van der Waals surface area (Å²) in [6.45, 7) is 3.45. The number of aliphatic hydroxyl groups is 1. The Morgan fingerprint density at radius 1 is 1.56 bits per heavy atom. The molecule has 0 saturated carbocycles. The Morgan fingerprint density at radius 3 is 3.00 bits per heavy atom. The van der Waals surface area contributed by atoms with Gasteiger partial charge in [0.25, 0.3) is 0 Å². The summed E-state index contributed by atoms with van der Waals surface area (Å²) in [5.74, 6) is 0.243. The largest absolute Gasteiger partial charge is 0.506 e. The number of nitrogens with one attached hydrogen (secondary N) is 1. The van der Waals surface area contributed by atoms with Gasteiger partial charge in [0.2, 0.25) is 0 Å². The number of para-hydroxylation sites is 1. The molecule has 100 valence electrons. The third kappa shape index (κ3) is 2.85. The second kappa shape index (κ2) is 5.57. The Labute approximate surface area is 115 Å². The van der Waals surface area contributed by atoms with Crippen molar-refractivity contribution < 1.29 is 14.9 Å². The van der Waals surface area contributed by atoms with E-state index in [1.165, 1.54) is 0 Å². The molecule has 2 unspecified atom stereocenters. The van der Waals surface area contributed by atoms with Gasteiger partial charge in [-0.05, 0) is 28.9 Å². The summed E-state index contributed by atoms with van der Waals surface area (Å²) in [6.07, 6.45) is 0.493. The molecular formula is C13H18BrNO3. The highest BCUT2D eigenvalue weighted by Gasteiger charge is 2.38. The minimum atomic E-state index is -0.804. The SMILES string of the molecule is CC1OCCC1(O)CNCc1cccc(Br)c1O. The number of phenols is 1. The van der Waals surface area contributed by atoms with Gasteiger partial charge in [0.05, 0.1) is 10.6 Å². The summed E-state index contributed by atoms with van der Waals surface area (Å²) >= 11 is 3.28. The first-order valence-electron chi connectivity index (χ1n) is 6.04. The smallest absolute Gasteiger partial charge is 0.134 e. The van der Waals surface area contributed by atoms with Crippen LogP contribution in [0.1, 0.15) is 18.9 Å². The van der Waals surface area contributed by atoms with Crippen LogP contribution in [0.5, 0.6) is 5.75 Å². The fourth-order valence-corrected chi connectivity index (χ4v) is 2.53. The van der Waals surface area contributed by atoms with E-state index in [2.05, 4.69) is 21.2 Å². The Hall–Kier alpha value is -0.620. The maximum absolute atomic E-state index is 10.3. The van der Waals surface area contributed by atoms with E-state index in [9.17, 15) is 10.2 Å². The summed E-state index contributed by atoms with van der Waals surface area (Å²) in [7, 11) is 0. The van der Waals surface area contributed by atoms with Crippen molar-refractivity contribution in [3.63, 3.8) is 0 Å². The van der Waals surface area contributed by atoms with Crippen molar-refractivity contribution in [1.82, 2.24) is 5.32 Å². The van der Waals surface area contributed by atoms with Crippen LogP contribution in [-0.2, 0) is 11.3 Å². The number of rotatable bonds is 4. The van der Waals surface area contributed by atoms with E-state index < -0.39 is 5.60 Å². The van der Waals surface area contributed by atoms with E-state index in [0.717, 1.165) is 5.56 Å². The summed E-state index contributed by atoms with van der Waals surface area (Å²) in [5, 5.41) is 23.3. The number of halogens is 1. The van der Waals surface area contributed by atoms with Crippen molar-refractivity contribution in [3.8, 4) is 5.75 Å². The fourth-order valence-electron chi connectivity index (χ4n) is 2.12. The monoisotopic (exact) mass is 315 g/mol. The number of hydrogen-bond acceptors (Lipinski definition) is 4. The summed E-state index contributed by atoms with van der Waals surface area (Å²) in [4.78, 5) is 0. The van der Waals surface area contributed by atoms with Gasteiger partial charge >= 0.3 is 0 Å². The van der Waals surface area contributed by atoms with Crippen molar-refractivity contribution in [3.05, 3.63) is 28.2 Å². The van der Waals surface area contributed by atoms with Gasteiger partial charge in [0.1, 0.15) is 11.4 Å². The molecule has 1 saturated heterocycles. The molecule has 1 aliphatic rings. The molecule has 0 aromatic heterocycles. The molecule has 5 heteroatoms. The summed E-state index contributed by atoms with van der Waals surface area (Å²) in [5.41, 5.74) is 0.00120. The van der Waals surface area contributed by atoms with E-state index in [0.29, 0.717) is 30.6 Å². The summed E-state index contributed by atoms with van der Waals surface area (Å²) < 4.78 is 6.05. The minimum absolute atomic E-state index is 0.152. The molecule has 1 aliphatic heterocycles. The molecule has 1 aromatic rings. The molecule has 0 spiro atoms.